The van der Waals surface area contributed by atoms with Crippen molar-refractivity contribution in [1.29, 1.82) is 0 Å². The maximum absolute atomic E-state index is 11.8. The summed E-state index contributed by atoms with van der Waals surface area (Å²) in [5.41, 5.74) is 0.571. The zero-order valence-electron chi connectivity index (χ0n) is 12.2. The Hall–Kier alpha value is -1.40. The highest BCUT2D eigenvalue weighted by Gasteiger charge is 2.21. The summed E-state index contributed by atoms with van der Waals surface area (Å²) in [5, 5.41) is 2.74. The molecule has 0 spiro atoms. The van der Waals surface area contributed by atoms with Gasteiger partial charge in [-0.15, -0.1) is 0 Å². The first-order chi connectivity index (χ1) is 9.36. The van der Waals surface area contributed by atoms with Gasteiger partial charge in [0.05, 0.1) is 6.26 Å². The van der Waals surface area contributed by atoms with Crippen molar-refractivity contribution in [2.45, 2.75) is 26.3 Å². The standard InChI is InChI=1S/C14H22N2O3S/c1-4-12(2)16(20(3,18)19)11-10-15-14(17)13-8-6-5-7-9-13/h5-9,12H,4,10-11H2,1-3H3,(H,15,17). The van der Waals surface area contributed by atoms with E-state index in [2.05, 4.69) is 5.32 Å². The molecule has 0 bridgehead atoms. The lowest BCUT2D eigenvalue weighted by molar-refractivity contribution is 0.0950. The maximum atomic E-state index is 11.8. The molecule has 0 saturated carbocycles. The number of nitrogens with zero attached hydrogens (tertiary/aromatic N) is 1. The molecule has 0 fully saturated rings. The van der Waals surface area contributed by atoms with E-state index in [4.69, 9.17) is 0 Å². The van der Waals surface area contributed by atoms with Gasteiger partial charge in [-0.05, 0) is 25.5 Å². The van der Waals surface area contributed by atoms with Crippen molar-refractivity contribution < 1.29 is 13.2 Å². The average Bonchev–Trinajstić information content (AvgIpc) is 2.42. The fraction of sp³-hybridized carbons (Fsp3) is 0.500. The SMILES string of the molecule is CCC(C)N(CCNC(=O)c1ccccc1)S(C)(=O)=O. The molecule has 1 unspecified atom stereocenters. The van der Waals surface area contributed by atoms with Crippen LogP contribution in [-0.2, 0) is 10.0 Å². The highest BCUT2D eigenvalue weighted by molar-refractivity contribution is 7.88. The minimum absolute atomic E-state index is 0.0707. The molecule has 0 aliphatic heterocycles. The highest BCUT2D eigenvalue weighted by atomic mass is 32.2. The summed E-state index contributed by atoms with van der Waals surface area (Å²) in [5.74, 6) is -0.191. The van der Waals surface area contributed by atoms with E-state index in [1.807, 2.05) is 19.9 Å². The number of sulfonamides is 1. The van der Waals surface area contributed by atoms with Gasteiger partial charge < -0.3 is 5.32 Å². The van der Waals surface area contributed by atoms with Crippen LogP contribution >= 0.6 is 0 Å². The van der Waals surface area contributed by atoms with E-state index in [0.29, 0.717) is 12.1 Å². The van der Waals surface area contributed by atoms with Gasteiger partial charge in [0.25, 0.3) is 5.91 Å². The van der Waals surface area contributed by atoms with Gasteiger partial charge in [-0.1, -0.05) is 25.1 Å². The Bertz CT molecular complexity index is 529. The molecule has 112 valence electrons. The van der Waals surface area contributed by atoms with Gasteiger partial charge >= 0.3 is 0 Å². The van der Waals surface area contributed by atoms with Gasteiger partial charge in [-0.25, -0.2) is 8.42 Å². The van der Waals surface area contributed by atoms with Crippen molar-refractivity contribution in [3.63, 3.8) is 0 Å². The third-order valence-electron chi connectivity index (χ3n) is 3.16. The molecule has 1 amide bonds. The van der Waals surface area contributed by atoms with Gasteiger partial charge in [0.1, 0.15) is 0 Å². The molecule has 0 aliphatic carbocycles. The topological polar surface area (TPSA) is 66.5 Å². The second kappa shape index (κ2) is 7.40. The van der Waals surface area contributed by atoms with Crippen LogP contribution in [0.2, 0.25) is 0 Å². The van der Waals surface area contributed by atoms with Crippen LogP contribution in [0.1, 0.15) is 30.6 Å². The quantitative estimate of drug-likeness (QED) is 0.829. The van der Waals surface area contributed by atoms with Crippen molar-refractivity contribution in [2.75, 3.05) is 19.3 Å². The van der Waals surface area contributed by atoms with E-state index in [1.165, 1.54) is 10.6 Å². The second-order valence-corrected chi connectivity index (χ2v) is 6.69. The summed E-state index contributed by atoms with van der Waals surface area (Å²) in [6, 6.07) is 8.79. The number of carbonyl (C=O) groups is 1. The van der Waals surface area contributed by atoms with Crippen LogP contribution in [0.4, 0.5) is 0 Å². The van der Waals surface area contributed by atoms with E-state index in [0.717, 1.165) is 6.42 Å². The first-order valence-electron chi connectivity index (χ1n) is 6.66. The van der Waals surface area contributed by atoms with Crippen molar-refractivity contribution >= 4 is 15.9 Å². The van der Waals surface area contributed by atoms with Gasteiger partial charge in [-0.2, -0.15) is 4.31 Å². The summed E-state index contributed by atoms with van der Waals surface area (Å²) >= 11 is 0. The zero-order chi connectivity index (χ0) is 15.2. The van der Waals surface area contributed by atoms with Crippen LogP contribution in [0.3, 0.4) is 0 Å². The van der Waals surface area contributed by atoms with E-state index in [9.17, 15) is 13.2 Å². The van der Waals surface area contributed by atoms with E-state index in [-0.39, 0.29) is 18.5 Å². The second-order valence-electron chi connectivity index (χ2n) is 4.75. The molecule has 0 saturated heterocycles. The number of hydrogen-bond acceptors (Lipinski definition) is 3. The summed E-state index contributed by atoms with van der Waals surface area (Å²) in [6.45, 7) is 4.38. The largest absolute Gasteiger partial charge is 0.351 e. The Balaban J connectivity index is 2.55. The van der Waals surface area contributed by atoms with Gasteiger partial charge in [0, 0.05) is 24.7 Å². The van der Waals surface area contributed by atoms with Gasteiger partial charge in [-0.3, -0.25) is 4.79 Å². The van der Waals surface area contributed by atoms with Crippen LogP contribution in [0, 0.1) is 0 Å². The zero-order valence-corrected chi connectivity index (χ0v) is 13.0. The first-order valence-corrected chi connectivity index (χ1v) is 8.51. The third kappa shape index (κ3) is 4.94. The Labute approximate surface area is 121 Å². The first kappa shape index (κ1) is 16.7. The molecule has 1 aromatic carbocycles. The normalized spacial score (nSPS) is 13.2. The molecule has 6 heteroatoms. The Morgan fingerprint density at radius 1 is 1.30 bits per heavy atom. The predicted molar refractivity (Wildman–Crippen MR) is 80.1 cm³/mol. The molecule has 1 N–H and O–H groups in total. The monoisotopic (exact) mass is 298 g/mol. The van der Waals surface area contributed by atoms with Crippen molar-refractivity contribution in [2.24, 2.45) is 0 Å². The molecular formula is C14H22N2O3S. The van der Waals surface area contributed by atoms with E-state index < -0.39 is 10.0 Å². The lowest BCUT2D eigenvalue weighted by Gasteiger charge is -2.25. The van der Waals surface area contributed by atoms with Crippen molar-refractivity contribution in [3.05, 3.63) is 35.9 Å². The van der Waals surface area contributed by atoms with Crippen molar-refractivity contribution in [3.8, 4) is 0 Å². The molecule has 0 aliphatic rings. The molecule has 0 radical (unpaired) electrons. The fourth-order valence-corrected chi connectivity index (χ4v) is 3.11. The molecule has 1 rings (SSSR count). The minimum Gasteiger partial charge on any atom is -0.351 e. The maximum Gasteiger partial charge on any atom is 0.251 e. The lowest BCUT2D eigenvalue weighted by atomic mass is 10.2. The molecule has 20 heavy (non-hydrogen) atoms. The number of rotatable bonds is 7. The highest BCUT2D eigenvalue weighted by Crippen LogP contribution is 2.07. The minimum atomic E-state index is -3.26. The van der Waals surface area contributed by atoms with Crippen LogP contribution in [0.15, 0.2) is 30.3 Å². The number of benzene rings is 1. The number of nitrogens with one attached hydrogen (secondary N) is 1. The molecule has 0 aromatic heterocycles. The Morgan fingerprint density at radius 2 is 1.90 bits per heavy atom. The summed E-state index contributed by atoms with van der Waals surface area (Å²) in [7, 11) is -3.26. The predicted octanol–water partition coefficient (Wildman–Crippen LogP) is 1.48. The number of hydrogen-bond donors (Lipinski definition) is 1. The van der Waals surface area contributed by atoms with Gasteiger partial charge in [0.15, 0.2) is 0 Å². The third-order valence-corrected chi connectivity index (χ3v) is 4.56. The molecule has 1 atom stereocenters. The van der Waals surface area contributed by atoms with Gasteiger partial charge in [0.2, 0.25) is 10.0 Å². The fourth-order valence-electron chi connectivity index (χ4n) is 1.89. The van der Waals surface area contributed by atoms with Crippen LogP contribution < -0.4 is 5.32 Å². The van der Waals surface area contributed by atoms with Crippen LogP contribution in [0.5, 0.6) is 0 Å². The molecule has 0 heterocycles. The summed E-state index contributed by atoms with van der Waals surface area (Å²) in [4.78, 5) is 11.8. The van der Waals surface area contributed by atoms with Crippen molar-refractivity contribution in [1.82, 2.24) is 9.62 Å². The lowest BCUT2D eigenvalue weighted by Crippen LogP contribution is -2.42. The molecule has 5 nitrogen and oxygen atoms in total. The van der Waals surface area contributed by atoms with Crippen LogP contribution in [0.25, 0.3) is 0 Å². The average molecular weight is 298 g/mol. The molecular weight excluding hydrogens is 276 g/mol. The molecule has 1 aromatic rings. The number of carbonyl (C=O) groups excluding carboxylic acids is 1. The summed E-state index contributed by atoms with van der Waals surface area (Å²) in [6.07, 6.45) is 1.93. The Kier molecular flexibility index (Phi) is 6.16. The smallest absolute Gasteiger partial charge is 0.251 e. The van der Waals surface area contributed by atoms with Crippen LogP contribution in [-0.4, -0.2) is 44.0 Å². The van der Waals surface area contributed by atoms with E-state index in [1.54, 1.807) is 24.3 Å². The summed E-state index contributed by atoms with van der Waals surface area (Å²) < 4.78 is 24.8. The Morgan fingerprint density at radius 3 is 2.40 bits per heavy atom. The number of amides is 1. The van der Waals surface area contributed by atoms with E-state index >= 15 is 0 Å².